The number of ether oxygens (including phenoxy) is 1. The normalized spacial score (nSPS) is 19.5. The molecule has 10 nitrogen and oxygen atoms in total. The third-order valence-corrected chi connectivity index (χ3v) is 7.87. The number of fused-ring (bicyclic) bond motifs is 1. The summed E-state index contributed by atoms with van der Waals surface area (Å²) >= 11 is 0. The van der Waals surface area contributed by atoms with Crippen LogP contribution in [0.4, 0.5) is 14.6 Å². The summed E-state index contributed by atoms with van der Waals surface area (Å²) in [5, 5.41) is 12.8. The molecule has 1 aromatic carbocycles. The number of carbonyl (C=O) groups excluding carboxylic acids is 2. The fourth-order valence-corrected chi connectivity index (χ4v) is 5.63. The minimum Gasteiger partial charge on any atom is -0.493 e. The average Bonchev–Trinajstić information content (AvgIpc) is 3.43. The topological polar surface area (TPSA) is 132 Å². The van der Waals surface area contributed by atoms with Gasteiger partial charge in [0, 0.05) is 46.0 Å². The molecule has 1 spiro atoms. The summed E-state index contributed by atoms with van der Waals surface area (Å²) in [6.45, 7) is 6.33. The van der Waals surface area contributed by atoms with E-state index >= 15 is 0 Å². The van der Waals surface area contributed by atoms with Crippen molar-refractivity contribution in [3.63, 3.8) is 0 Å². The molecule has 1 saturated carbocycles. The van der Waals surface area contributed by atoms with Crippen molar-refractivity contribution in [3.8, 4) is 5.75 Å². The summed E-state index contributed by atoms with van der Waals surface area (Å²) in [5.74, 6) is -3.71. The minimum absolute atomic E-state index is 0.0834. The molecular formula is C28H26F2N6O4. The Morgan fingerprint density at radius 3 is 2.50 bits per heavy atom. The van der Waals surface area contributed by atoms with E-state index < -0.39 is 40.8 Å². The lowest BCUT2D eigenvalue weighted by atomic mass is 9.75. The lowest BCUT2D eigenvalue weighted by Gasteiger charge is -2.38. The first-order chi connectivity index (χ1) is 19.2. The highest BCUT2D eigenvalue weighted by molar-refractivity contribution is 6.25. The Hall–Kier alpha value is -4.48. The number of rotatable bonds is 6. The van der Waals surface area contributed by atoms with Crippen LogP contribution in [0.2, 0.25) is 0 Å². The number of pyridine rings is 1. The molecule has 2 aromatic heterocycles. The van der Waals surface area contributed by atoms with Crippen molar-refractivity contribution >= 4 is 28.9 Å². The molecule has 0 saturated heterocycles. The predicted molar refractivity (Wildman–Crippen MR) is 140 cm³/mol. The number of carbonyl (C=O) groups is 2. The number of nitrogens with zero attached hydrogens (tertiary/aromatic N) is 4. The number of aromatic nitrogens is 3. The summed E-state index contributed by atoms with van der Waals surface area (Å²) in [4.78, 5) is 35.9. The van der Waals surface area contributed by atoms with Gasteiger partial charge in [0.1, 0.15) is 23.3 Å². The lowest BCUT2D eigenvalue weighted by molar-refractivity contribution is -0.119. The molecule has 2 amide bonds. The molecule has 3 aromatic rings. The largest absolute Gasteiger partial charge is 0.493 e. The molecule has 2 aliphatic heterocycles. The molecular weight excluding hydrogens is 522 g/mol. The maximum Gasteiger partial charge on any atom is 0.276 e. The summed E-state index contributed by atoms with van der Waals surface area (Å²) in [6.07, 6.45) is 3.02. The van der Waals surface area contributed by atoms with Gasteiger partial charge in [-0.2, -0.15) is 0 Å². The van der Waals surface area contributed by atoms with Crippen molar-refractivity contribution in [1.29, 1.82) is 0 Å². The van der Waals surface area contributed by atoms with Crippen LogP contribution in [-0.2, 0) is 4.79 Å². The van der Waals surface area contributed by atoms with Crippen molar-refractivity contribution in [1.82, 2.24) is 20.6 Å². The molecule has 1 aliphatic carbocycles. The van der Waals surface area contributed by atoms with E-state index in [2.05, 4.69) is 35.6 Å². The Bertz CT molecular complexity index is 1590. The van der Waals surface area contributed by atoms with Crippen LogP contribution < -0.4 is 15.4 Å². The number of nitrogens with one attached hydrogen (secondary N) is 2. The Balaban J connectivity index is 1.34. The molecule has 0 radical (unpaired) electrons. The number of allylic oxidation sites excluding steroid dienone is 1. The van der Waals surface area contributed by atoms with Crippen LogP contribution in [0.1, 0.15) is 59.9 Å². The van der Waals surface area contributed by atoms with E-state index in [1.165, 1.54) is 0 Å². The van der Waals surface area contributed by atoms with Crippen molar-refractivity contribution in [2.75, 3.05) is 18.5 Å². The highest BCUT2D eigenvalue weighted by Gasteiger charge is 2.58. The maximum absolute atomic E-state index is 14.5. The van der Waals surface area contributed by atoms with Gasteiger partial charge in [-0.1, -0.05) is 5.16 Å². The van der Waals surface area contributed by atoms with E-state index in [0.717, 1.165) is 34.6 Å². The van der Waals surface area contributed by atoms with E-state index in [-0.39, 0.29) is 29.6 Å². The van der Waals surface area contributed by atoms with Crippen molar-refractivity contribution in [2.24, 2.45) is 10.4 Å². The van der Waals surface area contributed by atoms with Gasteiger partial charge in [0.05, 0.1) is 13.2 Å². The standard InChI is InChI=1S/C28H26F2N6O4/c1-13-10-31-14(2)22(13)16-4-5-21(32-11-16)33-27(38)25(34-26(37)24-15(3)35-40-36-24)23-17-8-18(29)19(30)9-20(17)39-12-28(23)6-7-28/h4-5,8-9,11,23,25H,6-7,10,12H2,1-3H3,(H,34,37)(H,32,33,38)/t23?,25-/m0/s1. The van der Waals surface area contributed by atoms with Gasteiger partial charge in [-0.25, -0.2) is 18.4 Å². The first-order valence-corrected chi connectivity index (χ1v) is 12.9. The lowest BCUT2D eigenvalue weighted by Crippen LogP contribution is -2.52. The van der Waals surface area contributed by atoms with E-state index in [4.69, 9.17) is 4.74 Å². The van der Waals surface area contributed by atoms with E-state index in [1.54, 1.807) is 19.2 Å². The smallest absolute Gasteiger partial charge is 0.276 e. The number of hydrogen-bond donors (Lipinski definition) is 2. The van der Waals surface area contributed by atoms with Crippen LogP contribution in [0.3, 0.4) is 0 Å². The molecule has 12 heteroatoms. The number of halogens is 2. The highest BCUT2D eigenvalue weighted by atomic mass is 19.2. The molecule has 4 heterocycles. The highest BCUT2D eigenvalue weighted by Crippen LogP contribution is 2.61. The number of anilines is 1. The Kier molecular flexibility index (Phi) is 6.20. The van der Waals surface area contributed by atoms with E-state index in [0.29, 0.717) is 24.9 Å². The first-order valence-electron chi connectivity index (χ1n) is 12.9. The summed E-state index contributed by atoms with van der Waals surface area (Å²) in [5.41, 5.74) is 3.88. The van der Waals surface area contributed by atoms with Crippen LogP contribution in [0.15, 0.2) is 45.7 Å². The van der Waals surface area contributed by atoms with E-state index in [9.17, 15) is 18.4 Å². The Morgan fingerprint density at radius 1 is 1.10 bits per heavy atom. The van der Waals surface area contributed by atoms with Gasteiger partial charge in [0.15, 0.2) is 17.3 Å². The molecule has 2 atom stereocenters. The number of aliphatic imine (C=N–C) groups is 1. The van der Waals surface area contributed by atoms with Crippen molar-refractivity contribution in [2.45, 2.75) is 45.6 Å². The fraction of sp³-hybridized carbons (Fsp3) is 0.357. The number of amides is 2. The zero-order chi connectivity index (χ0) is 28.2. The van der Waals surface area contributed by atoms with Crippen molar-refractivity contribution < 1.29 is 27.7 Å². The van der Waals surface area contributed by atoms with E-state index in [1.807, 2.05) is 19.9 Å². The Morgan fingerprint density at radius 2 is 1.88 bits per heavy atom. The van der Waals surface area contributed by atoms with Crippen molar-refractivity contribution in [3.05, 3.63) is 70.2 Å². The molecule has 0 bridgehead atoms. The Labute approximate surface area is 227 Å². The average molecular weight is 549 g/mol. The van der Waals surface area contributed by atoms with Gasteiger partial charge in [-0.15, -0.1) is 0 Å². The molecule has 2 N–H and O–H groups in total. The van der Waals surface area contributed by atoms with Gasteiger partial charge in [-0.3, -0.25) is 14.6 Å². The third kappa shape index (κ3) is 4.42. The number of aryl methyl sites for hydroxylation is 1. The maximum atomic E-state index is 14.5. The molecule has 6 rings (SSSR count). The van der Waals surface area contributed by atoms with Crippen LogP contribution in [0.5, 0.6) is 5.75 Å². The summed E-state index contributed by atoms with van der Waals surface area (Å²) in [7, 11) is 0. The van der Waals surface area contributed by atoms with Gasteiger partial charge in [-0.05, 0) is 62.5 Å². The van der Waals surface area contributed by atoms with Gasteiger partial charge in [0.2, 0.25) is 5.91 Å². The van der Waals surface area contributed by atoms with Crippen LogP contribution in [-0.4, -0.2) is 52.0 Å². The van der Waals surface area contributed by atoms with Crippen LogP contribution >= 0.6 is 0 Å². The monoisotopic (exact) mass is 548 g/mol. The summed E-state index contributed by atoms with van der Waals surface area (Å²) < 4.78 is 39.0. The number of benzene rings is 1. The predicted octanol–water partition coefficient (Wildman–Crippen LogP) is 3.99. The van der Waals surface area contributed by atoms with Gasteiger partial charge >= 0.3 is 0 Å². The first kappa shape index (κ1) is 25.8. The fourth-order valence-electron chi connectivity index (χ4n) is 5.63. The second-order valence-corrected chi connectivity index (χ2v) is 10.6. The SMILES string of the molecule is CC1=NCC(C)=C1c1ccc(NC(=O)[C@@H](NC(=O)c2nonc2C)C2c3cc(F)c(F)cc3OCC23CC3)nc1. The van der Waals surface area contributed by atoms with Crippen LogP contribution in [0, 0.1) is 24.0 Å². The zero-order valence-electron chi connectivity index (χ0n) is 22.0. The molecule has 1 unspecified atom stereocenters. The molecule has 1 fully saturated rings. The molecule has 40 heavy (non-hydrogen) atoms. The van der Waals surface area contributed by atoms with Gasteiger partial charge < -0.3 is 15.4 Å². The molecule has 3 aliphatic rings. The third-order valence-electron chi connectivity index (χ3n) is 7.87. The van der Waals surface area contributed by atoms with Crippen LogP contribution in [0.25, 0.3) is 5.57 Å². The summed E-state index contributed by atoms with van der Waals surface area (Å²) in [6, 6.07) is 4.32. The zero-order valence-corrected chi connectivity index (χ0v) is 22.0. The second kappa shape index (κ2) is 9.61. The quantitative estimate of drug-likeness (QED) is 0.476. The van der Waals surface area contributed by atoms with Gasteiger partial charge in [0.25, 0.3) is 5.91 Å². The number of hydrogen-bond acceptors (Lipinski definition) is 8. The minimum atomic E-state index is -1.20. The second-order valence-electron chi connectivity index (χ2n) is 10.6. The molecule has 206 valence electrons.